The van der Waals surface area contributed by atoms with Gasteiger partial charge >= 0.3 is 0 Å². The largest absolute Gasteiger partial charge is 0.386 e. The SMILES string of the molecule is CC(C)OCCOC1CC(C)c2ccccc2C1O. The fourth-order valence-electron chi connectivity index (χ4n) is 2.68. The van der Waals surface area contributed by atoms with Crippen LogP contribution < -0.4 is 0 Å². The Balaban J connectivity index is 1.94. The zero-order valence-electron chi connectivity index (χ0n) is 12.0. The fraction of sp³-hybridized carbons (Fsp3) is 0.625. The molecule has 1 N–H and O–H groups in total. The topological polar surface area (TPSA) is 38.7 Å². The van der Waals surface area contributed by atoms with Crippen molar-refractivity contribution in [3.05, 3.63) is 35.4 Å². The van der Waals surface area contributed by atoms with Crippen LogP contribution >= 0.6 is 0 Å². The van der Waals surface area contributed by atoms with Crippen molar-refractivity contribution in [2.24, 2.45) is 0 Å². The molecule has 0 amide bonds. The van der Waals surface area contributed by atoms with Crippen molar-refractivity contribution in [1.29, 1.82) is 0 Å². The Morgan fingerprint density at radius 3 is 2.58 bits per heavy atom. The van der Waals surface area contributed by atoms with E-state index in [1.807, 2.05) is 32.0 Å². The van der Waals surface area contributed by atoms with Crippen LogP contribution in [0.3, 0.4) is 0 Å². The van der Waals surface area contributed by atoms with E-state index >= 15 is 0 Å². The summed E-state index contributed by atoms with van der Waals surface area (Å²) >= 11 is 0. The molecule has 3 heteroatoms. The van der Waals surface area contributed by atoms with Gasteiger partial charge in [-0.3, -0.25) is 0 Å². The molecule has 0 saturated carbocycles. The van der Waals surface area contributed by atoms with Gasteiger partial charge in [-0.15, -0.1) is 0 Å². The summed E-state index contributed by atoms with van der Waals surface area (Å²) in [6.45, 7) is 7.32. The van der Waals surface area contributed by atoms with Gasteiger partial charge in [-0.25, -0.2) is 0 Å². The number of rotatable bonds is 5. The van der Waals surface area contributed by atoms with Crippen molar-refractivity contribution in [3.8, 4) is 0 Å². The molecule has 3 nitrogen and oxygen atoms in total. The van der Waals surface area contributed by atoms with Gasteiger partial charge in [0.05, 0.1) is 25.4 Å². The molecule has 0 aliphatic heterocycles. The Labute approximate surface area is 115 Å². The van der Waals surface area contributed by atoms with Gasteiger partial charge in [-0.1, -0.05) is 31.2 Å². The third-order valence-corrected chi connectivity index (χ3v) is 3.65. The standard InChI is InChI=1S/C16H24O3/c1-11(2)18-8-9-19-15-10-12(3)13-6-4-5-7-14(13)16(15)17/h4-7,11-12,15-17H,8-10H2,1-3H3. The van der Waals surface area contributed by atoms with Gasteiger partial charge in [0.2, 0.25) is 0 Å². The van der Waals surface area contributed by atoms with E-state index in [0.717, 1.165) is 12.0 Å². The van der Waals surface area contributed by atoms with Crippen molar-refractivity contribution in [3.63, 3.8) is 0 Å². The summed E-state index contributed by atoms with van der Waals surface area (Å²) in [6.07, 6.45) is 0.437. The number of hydrogen-bond donors (Lipinski definition) is 1. The molecule has 1 aliphatic rings. The highest BCUT2D eigenvalue weighted by molar-refractivity contribution is 5.35. The Hall–Kier alpha value is -0.900. The number of aliphatic hydroxyl groups is 1. The Morgan fingerprint density at radius 2 is 1.89 bits per heavy atom. The van der Waals surface area contributed by atoms with Crippen LogP contribution in [-0.4, -0.2) is 30.5 Å². The third kappa shape index (κ3) is 3.56. The minimum Gasteiger partial charge on any atom is -0.386 e. The van der Waals surface area contributed by atoms with Crippen LogP contribution in [-0.2, 0) is 9.47 Å². The summed E-state index contributed by atoms with van der Waals surface area (Å²) in [5.41, 5.74) is 2.25. The van der Waals surface area contributed by atoms with Crippen LogP contribution in [0.5, 0.6) is 0 Å². The summed E-state index contributed by atoms with van der Waals surface area (Å²) in [5, 5.41) is 10.4. The van der Waals surface area contributed by atoms with E-state index in [9.17, 15) is 5.11 Å². The second-order valence-corrected chi connectivity index (χ2v) is 5.54. The monoisotopic (exact) mass is 264 g/mol. The predicted molar refractivity (Wildman–Crippen MR) is 75.3 cm³/mol. The van der Waals surface area contributed by atoms with Crippen LogP contribution in [0.2, 0.25) is 0 Å². The van der Waals surface area contributed by atoms with Gasteiger partial charge in [-0.05, 0) is 37.3 Å². The average molecular weight is 264 g/mol. The lowest BCUT2D eigenvalue weighted by Crippen LogP contribution is -2.31. The number of benzene rings is 1. The smallest absolute Gasteiger partial charge is 0.105 e. The van der Waals surface area contributed by atoms with E-state index in [2.05, 4.69) is 13.0 Å². The lowest BCUT2D eigenvalue weighted by atomic mass is 9.80. The highest BCUT2D eigenvalue weighted by Gasteiger charge is 2.32. The predicted octanol–water partition coefficient (Wildman–Crippen LogP) is 3.04. The molecule has 2 rings (SSSR count). The van der Waals surface area contributed by atoms with E-state index in [1.165, 1.54) is 5.56 Å². The van der Waals surface area contributed by atoms with Crippen LogP contribution in [0.25, 0.3) is 0 Å². The summed E-state index contributed by atoms with van der Waals surface area (Å²) in [7, 11) is 0. The quantitative estimate of drug-likeness (QED) is 0.831. The molecule has 0 spiro atoms. The first-order valence-electron chi connectivity index (χ1n) is 7.09. The summed E-state index contributed by atoms with van der Waals surface area (Å²) in [6, 6.07) is 8.09. The molecule has 0 aromatic heterocycles. The molecule has 0 bridgehead atoms. The van der Waals surface area contributed by atoms with Gasteiger partial charge < -0.3 is 14.6 Å². The van der Waals surface area contributed by atoms with E-state index in [0.29, 0.717) is 19.1 Å². The molecule has 0 fully saturated rings. The lowest BCUT2D eigenvalue weighted by molar-refractivity contribution is -0.0740. The molecule has 0 saturated heterocycles. The Morgan fingerprint density at radius 1 is 1.21 bits per heavy atom. The van der Waals surface area contributed by atoms with E-state index in [4.69, 9.17) is 9.47 Å². The second kappa shape index (κ2) is 6.51. The van der Waals surface area contributed by atoms with Crippen molar-refractivity contribution in [1.82, 2.24) is 0 Å². The molecule has 3 unspecified atom stereocenters. The number of aliphatic hydroxyl groups excluding tert-OH is 1. The first-order valence-corrected chi connectivity index (χ1v) is 7.09. The highest BCUT2D eigenvalue weighted by atomic mass is 16.5. The molecule has 19 heavy (non-hydrogen) atoms. The average Bonchev–Trinajstić information content (AvgIpc) is 2.40. The minimum absolute atomic E-state index is 0.124. The number of fused-ring (bicyclic) bond motifs is 1. The molecule has 3 atom stereocenters. The molecular formula is C16H24O3. The lowest BCUT2D eigenvalue weighted by Gasteiger charge is -2.34. The summed E-state index contributed by atoms with van der Waals surface area (Å²) in [4.78, 5) is 0. The summed E-state index contributed by atoms with van der Waals surface area (Å²) < 4.78 is 11.3. The van der Waals surface area contributed by atoms with Crippen LogP contribution in [0.1, 0.15) is 50.3 Å². The third-order valence-electron chi connectivity index (χ3n) is 3.65. The maximum absolute atomic E-state index is 10.4. The second-order valence-electron chi connectivity index (χ2n) is 5.54. The number of hydrogen-bond acceptors (Lipinski definition) is 3. The molecule has 0 heterocycles. The zero-order chi connectivity index (χ0) is 13.8. The van der Waals surface area contributed by atoms with Crippen molar-refractivity contribution in [2.45, 2.75) is 51.4 Å². The van der Waals surface area contributed by atoms with Gasteiger partial charge in [0.25, 0.3) is 0 Å². The van der Waals surface area contributed by atoms with Crippen molar-refractivity contribution < 1.29 is 14.6 Å². The molecular weight excluding hydrogens is 240 g/mol. The first kappa shape index (κ1) is 14.5. The maximum atomic E-state index is 10.4. The van der Waals surface area contributed by atoms with Crippen molar-refractivity contribution in [2.75, 3.05) is 13.2 Å². The fourth-order valence-corrected chi connectivity index (χ4v) is 2.68. The first-order chi connectivity index (χ1) is 9.09. The van der Waals surface area contributed by atoms with Gasteiger partial charge in [0.15, 0.2) is 0 Å². The van der Waals surface area contributed by atoms with E-state index in [1.54, 1.807) is 0 Å². The molecule has 106 valence electrons. The van der Waals surface area contributed by atoms with Gasteiger partial charge in [0.1, 0.15) is 6.10 Å². The zero-order valence-corrected chi connectivity index (χ0v) is 12.0. The van der Waals surface area contributed by atoms with Gasteiger partial charge in [-0.2, -0.15) is 0 Å². The van der Waals surface area contributed by atoms with Crippen LogP contribution in [0, 0.1) is 0 Å². The molecule has 1 aromatic rings. The Bertz CT molecular complexity index is 403. The molecule has 1 aromatic carbocycles. The Kier molecular flexibility index (Phi) is 4.97. The van der Waals surface area contributed by atoms with Crippen LogP contribution in [0.4, 0.5) is 0 Å². The molecule has 0 radical (unpaired) electrons. The van der Waals surface area contributed by atoms with Crippen molar-refractivity contribution >= 4 is 0 Å². The molecule has 1 aliphatic carbocycles. The summed E-state index contributed by atoms with van der Waals surface area (Å²) in [5.74, 6) is 0.426. The number of ether oxygens (including phenoxy) is 2. The van der Waals surface area contributed by atoms with Gasteiger partial charge in [0, 0.05) is 0 Å². The van der Waals surface area contributed by atoms with Crippen LogP contribution in [0.15, 0.2) is 24.3 Å². The van der Waals surface area contributed by atoms with E-state index < -0.39 is 6.10 Å². The highest BCUT2D eigenvalue weighted by Crippen LogP contribution is 2.38. The normalized spacial score (nSPS) is 26.5. The minimum atomic E-state index is -0.522. The van der Waals surface area contributed by atoms with E-state index in [-0.39, 0.29) is 12.2 Å². The maximum Gasteiger partial charge on any atom is 0.105 e.